The molecule has 5 nitrogen and oxygen atoms in total. The van der Waals surface area contributed by atoms with Gasteiger partial charge in [0.1, 0.15) is 0 Å². The van der Waals surface area contributed by atoms with Gasteiger partial charge in [0.25, 0.3) is 0 Å². The number of ketones is 1. The Bertz CT molecular complexity index is 618. The highest BCUT2D eigenvalue weighted by molar-refractivity contribution is 7.91. The molecule has 1 saturated carbocycles. The molecule has 21 heavy (non-hydrogen) atoms. The minimum atomic E-state index is -3.61. The van der Waals surface area contributed by atoms with Crippen molar-refractivity contribution in [1.29, 1.82) is 0 Å². The lowest BCUT2D eigenvalue weighted by molar-refractivity contribution is 0.0714. The highest BCUT2D eigenvalue weighted by Crippen LogP contribution is 2.32. The minimum absolute atomic E-state index is 0.0886. The van der Waals surface area contributed by atoms with Crippen LogP contribution >= 0.6 is 0 Å². The van der Waals surface area contributed by atoms with Crippen LogP contribution in [0.3, 0.4) is 0 Å². The molecule has 1 aromatic rings. The third-order valence-electron chi connectivity index (χ3n) is 3.88. The van der Waals surface area contributed by atoms with E-state index in [0.717, 1.165) is 12.8 Å². The van der Waals surface area contributed by atoms with E-state index in [9.17, 15) is 18.3 Å². The molecular formula is C15H21NO4S. The summed E-state index contributed by atoms with van der Waals surface area (Å²) >= 11 is 0. The van der Waals surface area contributed by atoms with Gasteiger partial charge in [-0.05, 0) is 31.5 Å². The summed E-state index contributed by atoms with van der Waals surface area (Å²) in [4.78, 5) is 11.9. The second-order valence-electron chi connectivity index (χ2n) is 5.68. The van der Waals surface area contributed by atoms with Crippen molar-refractivity contribution in [3.8, 4) is 0 Å². The molecule has 116 valence electrons. The Hall–Kier alpha value is -1.24. The first kappa shape index (κ1) is 16.1. The van der Waals surface area contributed by atoms with Crippen LogP contribution in [-0.4, -0.2) is 37.2 Å². The van der Waals surface area contributed by atoms with Crippen LogP contribution in [0.4, 0.5) is 0 Å². The van der Waals surface area contributed by atoms with E-state index in [1.54, 1.807) is 12.1 Å². The van der Waals surface area contributed by atoms with Gasteiger partial charge in [0, 0.05) is 12.0 Å². The van der Waals surface area contributed by atoms with Gasteiger partial charge < -0.3 is 10.8 Å². The lowest BCUT2D eigenvalue weighted by atomic mass is 10.1. The SMILES string of the molecule is NCCC(=O)c1cccc(S(=O)(=O)CC2(O)CCCC2)c1. The van der Waals surface area contributed by atoms with Crippen molar-refractivity contribution in [2.45, 2.75) is 42.6 Å². The van der Waals surface area contributed by atoms with Gasteiger partial charge in [-0.2, -0.15) is 0 Å². The Balaban J connectivity index is 2.24. The maximum Gasteiger partial charge on any atom is 0.181 e. The summed E-state index contributed by atoms with van der Waals surface area (Å²) in [6.07, 6.45) is 2.91. The zero-order valence-electron chi connectivity index (χ0n) is 11.9. The molecule has 0 aromatic heterocycles. The standard InChI is InChI=1S/C15H21NO4S/c16-9-6-14(17)12-4-3-5-13(10-12)21(19,20)11-15(18)7-1-2-8-15/h3-5,10,18H,1-2,6-9,11,16H2. The lowest BCUT2D eigenvalue weighted by Crippen LogP contribution is -2.34. The molecule has 6 heteroatoms. The van der Waals surface area contributed by atoms with E-state index in [1.807, 2.05) is 0 Å². The first-order valence-electron chi connectivity index (χ1n) is 7.15. The number of aliphatic hydroxyl groups is 1. The van der Waals surface area contributed by atoms with E-state index >= 15 is 0 Å². The summed E-state index contributed by atoms with van der Waals surface area (Å²) in [6, 6.07) is 5.98. The van der Waals surface area contributed by atoms with Crippen molar-refractivity contribution >= 4 is 15.6 Å². The predicted molar refractivity (Wildman–Crippen MR) is 79.9 cm³/mol. The Morgan fingerprint density at radius 3 is 2.57 bits per heavy atom. The highest BCUT2D eigenvalue weighted by Gasteiger charge is 2.36. The monoisotopic (exact) mass is 311 g/mol. The van der Waals surface area contributed by atoms with Crippen molar-refractivity contribution in [2.24, 2.45) is 5.73 Å². The Labute approximate surface area is 125 Å². The average molecular weight is 311 g/mol. The van der Waals surface area contributed by atoms with E-state index in [0.29, 0.717) is 18.4 Å². The number of hydrogen-bond acceptors (Lipinski definition) is 5. The molecule has 0 radical (unpaired) electrons. The van der Waals surface area contributed by atoms with E-state index < -0.39 is 15.4 Å². The number of nitrogens with two attached hydrogens (primary N) is 1. The van der Waals surface area contributed by atoms with E-state index in [1.165, 1.54) is 12.1 Å². The van der Waals surface area contributed by atoms with Crippen LogP contribution in [-0.2, 0) is 9.84 Å². The van der Waals surface area contributed by atoms with Gasteiger partial charge in [0.2, 0.25) is 0 Å². The summed E-state index contributed by atoms with van der Waals surface area (Å²) < 4.78 is 24.9. The van der Waals surface area contributed by atoms with Gasteiger partial charge in [-0.15, -0.1) is 0 Å². The van der Waals surface area contributed by atoms with Gasteiger partial charge in [0.05, 0.1) is 16.2 Å². The van der Waals surface area contributed by atoms with Crippen LogP contribution < -0.4 is 5.73 Å². The average Bonchev–Trinajstić information content (AvgIpc) is 2.85. The molecule has 0 aliphatic heterocycles. The van der Waals surface area contributed by atoms with Gasteiger partial charge in [0.15, 0.2) is 15.6 Å². The van der Waals surface area contributed by atoms with Crippen LogP contribution in [0.2, 0.25) is 0 Å². The summed E-state index contributed by atoms with van der Waals surface area (Å²) in [5, 5.41) is 10.3. The fourth-order valence-electron chi connectivity index (χ4n) is 2.75. The lowest BCUT2D eigenvalue weighted by Gasteiger charge is -2.21. The van der Waals surface area contributed by atoms with E-state index in [-0.39, 0.29) is 29.4 Å². The molecule has 1 aromatic carbocycles. The van der Waals surface area contributed by atoms with Crippen LogP contribution in [0.15, 0.2) is 29.2 Å². The van der Waals surface area contributed by atoms with Crippen molar-refractivity contribution in [3.05, 3.63) is 29.8 Å². The van der Waals surface area contributed by atoms with Crippen LogP contribution in [0.25, 0.3) is 0 Å². The quantitative estimate of drug-likeness (QED) is 0.772. The molecule has 0 unspecified atom stereocenters. The molecule has 0 bridgehead atoms. The van der Waals surface area contributed by atoms with Gasteiger partial charge in [-0.1, -0.05) is 25.0 Å². The molecule has 0 amide bonds. The molecule has 0 spiro atoms. The zero-order valence-corrected chi connectivity index (χ0v) is 12.7. The molecule has 1 fully saturated rings. The molecular weight excluding hydrogens is 290 g/mol. The summed E-state index contributed by atoms with van der Waals surface area (Å²) in [5.41, 5.74) is 4.56. The Morgan fingerprint density at radius 2 is 1.95 bits per heavy atom. The molecule has 0 saturated heterocycles. The summed E-state index contributed by atoms with van der Waals surface area (Å²) in [5.74, 6) is -0.455. The van der Waals surface area contributed by atoms with Crippen molar-refractivity contribution < 1.29 is 18.3 Å². The summed E-state index contributed by atoms with van der Waals surface area (Å²) in [7, 11) is -3.61. The predicted octanol–water partition coefficient (Wildman–Crippen LogP) is 1.30. The van der Waals surface area contributed by atoms with Crippen LogP contribution in [0, 0.1) is 0 Å². The fourth-order valence-corrected chi connectivity index (χ4v) is 4.51. The smallest absolute Gasteiger partial charge is 0.181 e. The number of carbonyl (C=O) groups excluding carboxylic acids is 1. The van der Waals surface area contributed by atoms with Gasteiger partial charge >= 0.3 is 0 Å². The zero-order chi connectivity index (χ0) is 15.5. The molecule has 2 rings (SSSR count). The first-order chi connectivity index (χ1) is 9.86. The van der Waals surface area contributed by atoms with Crippen molar-refractivity contribution in [3.63, 3.8) is 0 Å². The number of benzene rings is 1. The van der Waals surface area contributed by atoms with Crippen LogP contribution in [0.5, 0.6) is 0 Å². The number of carbonyl (C=O) groups is 1. The number of sulfone groups is 1. The van der Waals surface area contributed by atoms with Gasteiger partial charge in [-0.25, -0.2) is 8.42 Å². The second kappa shape index (κ2) is 6.25. The highest BCUT2D eigenvalue weighted by atomic mass is 32.2. The van der Waals surface area contributed by atoms with Crippen molar-refractivity contribution in [2.75, 3.05) is 12.3 Å². The van der Waals surface area contributed by atoms with Crippen LogP contribution in [0.1, 0.15) is 42.5 Å². The third kappa shape index (κ3) is 3.90. The van der Waals surface area contributed by atoms with E-state index in [4.69, 9.17) is 5.73 Å². The third-order valence-corrected chi connectivity index (χ3v) is 5.77. The summed E-state index contributed by atoms with van der Waals surface area (Å²) in [6.45, 7) is 0.232. The molecule has 0 heterocycles. The Kier molecular flexibility index (Phi) is 4.81. The number of Topliss-reactive ketones (excluding diaryl/α,β-unsaturated/α-hetero) is 1. The van der Waals surface area contributed by atoms with E-state index in [2.05, 4.69) is 0 Å². The molecule has 1 aliphatic carbocycles. The largest absolute Gasteiger partial charge is 0.389 e. The van der Waals surface area contributed by atoms with Crippen molar-refractivity contribution in [1.82, 2.24) is 0 Å². The van der Waals surface area contributed by atoms with Gasteiger partial charge in [-0.3, -0.25) is 4.79 Å². The first-order valence-corrected chi connectivity index (χ1v) is 8.80. The molecule has 1 aliphatic rings. The maximum atomic E-state index is 12.4. The maximum absolute atomic E-state index is 12.4. The molecule has 0 atom stereocenters. The second-order valence-corrected chi connectivity index (χ2v) is 7.67. The number of hydrogen-bond donors (Lipinski definition) is 2. The normalized spacial score (nSPS) is 17.8. The number of rotatable bonds is 6. The fraction of sp³-hybridized carbons (Fsp3) is 0.533. The molecule has 3 N–H and O–H groups in total. The Morgan fingerprint density at radius 1 is 1.29 bits per heavy atom. The minimum Gasteiger partial charge on any atom is -0.389 e. The topological polar surface area (TPSA) is 97.5 Å².